The second-order valence-electron chi connectivity index (χ2n) is 5.09. The number of aromatic nitrogens is 2. The molecule has 0 fully saturated rings. The Hall–Kier alpha value is -1.73. The summed E-state index contributed by atoms with van der Waals surface area (Å²) in [6.07, 6.45) is 1.04. The summed E-state index contributed by atoms with van der Waals surface area (Å²) in [4.78, 5) is 0. The number of halogens is 1. The van der Waals surface area contributed by atoms with E-state index in [9.17, 15) is 17.9 Å². The number of nitrogens with zero attached hydrogens (tertiary/aromatic N) is 2. The molecule has 2 aromatic rings. The highest BCUT2D eigenvalue weighted by Crippen LogP contribution is 2.25. The first-order valence-electron chi connectivity index (χ1n) is 5.88. The predicted octanol–water partition coefficient (Wildman–Crippen LogP) is 1.64. The van der Waals surface area contributed by atoms with Gasteiger partial charge in [-0.2, -0.15) is 5.10 Å². The molecule has 7 heteroatoms. The summed E-state index contributed by atoms with van der Waals surface area (Å²) in [5.41, 5.74) is -0.507. The smallest absolute Gasteiger partial charge is 0.194 e. The van der Waals surface area contributed by atoms with Gasteiger partial charge in [-0.05, 0) is 38.1 Å². The molecule has 1 N–H and O–H groups in total. The second-order valence-corrected chi connectivity index (χ2v) is 7.05. The van der Waals surface area contributed by atoms with E-state index < -0.39 is 21.3 Å². The maximum absolute atomic E-state index is 13.0. The molecule has 0 saturated carbocycles. The molecule has 20 heavy (non-hydrogen) atoms. The molecular formula is C13H15FN2O3S. The Balaban J connectivity index is 2.68. The Morgan fingerprint density at radius 2 is 1.80 bits per heavy atom. The van der Waals surface area contributed by atoms with Crippen molar-refractivity contribution in [1.82, 2.24) is 9.78 Å². The first kappa shape index (κ1) is 14.7. The van der Waals surface area contributed by atoms with Gasteiger partial charge in [-0.25, -0.2) is 17.5 Å². The van der Waals surface area contributed by atoms with E-state index in [1.54, 1.807) is 0 Å². The fraction of sp³-hybridized carbons (Fsp3) is 0.308. The van der Waals surface area contributed by atoms with E-state index in [1.807, 2.05) is 0 Å². The third-order valence-corrected chi connectivity index (χ3v) is 3.72. The van der Waals surface area contributed by atoms with E-state index in [-0.39, 0.29) is 5.03 Å². The third-order valence-electron chi connectivity index (χ3n) is 2.76. The lowest BCUT2D eigenvalue weighted by atomic mass is 10.1. The number of benzene rings is 1. The Morgan fingerprint density at radius 3 is 2.25 bits per heavy atom. The third kappa shape index (κ3) is 2.88. The molecule has 0 aliphatic heterocycles. The SMILES string of the molecule is CC(C)(O)c1cc(S(C)(=O)=O)nn1-c1ccc(F)cc1. The summed E-state index contributed by atoms with van der Waals surface area (Å²) < 4.78 is 37.4. The van der Waals surface area contributed by atoms with Crippen molar-refractivity contribution in [2.75, 3.05) is 6.26 Å². The Bertz CT molecular complexity index is 728. The molecule has 1 heterocycles. The minimum absolute atomic E-state index is 0.140. The molecular weight excluding hydrogens is 283 g/mol. The van der Waals surface area contributed by atoms with Crippen molar-refractivity contribution in [2.24, 2.45) is 0 Å². The largest absolute Gasteiger partial charge is 0.384 e. The molecule has 0 saturated heterocycles. The molecule has 1 aromatic carbocycles. The van der Waals surface area contributed by atoms with Crippen LogP contribution in [-0.2, 0) is 15.4 Å². The van der Waals surface area contributed by atoms with Gasteiger partial charge in [0.15, 0.2) is 14.9 Å². The topological polar surface area (TPSA) is 72.2 Å². The zero-order valence-electron chi connectivity index (χ0n) is 11.3. The lowest BCUT2D eigenvalue weighted by molar-refractivity contribution is 0.0711. The molecule has 0 unspecified atom stereocenters. The minimum Gasteiger partial charge on any atom is -0.384 e. The van der Waals surface area contributed by atoms with Crippen LogP contribution in [0.4, 0.5) is 4.39 Å². The van der Waals surface area contributed by atoms with E-state index in [0.29, 0.717) is 11.4 Å². The molecule has 5 nitrogen and oxygen atoms in total. The van der Waals surface area contributed by atoms with Crippen LogP contribution in [-0.4, -0.2) is 29.6 Å². The van der Waals surface area contributed by atoms with E-state index in [2.05, 4.69) is 5.10 Å². The molecule has 0 spiro atoms. The summed E-state index contributed by atoms with van der Waals surface area (Å²) in [6, 6.07) is 6.72. The van der Waals surface area contributed by atoms with E-state index in [4.69, 9.17) is 0 Å². The van der Waals surface area contributed by atoms with Crippen molar-refractivity contribution in [3.05, 3.63) is 41.8 Å². The molecule has 0 bridgehead atoms. The molecule has 2 rings (SSSR count). The Morgan fingerprint density at radius 1 is 1.25 bits per heavy atom. The zero-order valence-corrected chi connectivity index (χ0v) is 12.1. The monoisotopic (exact) mass is 298 g/mol. The lowest BCUT2D eigenvalue weighted by Gasteiger charge is -2.18. The summed E-state index contributed by atoms with van der Waals surface area (Å²) in [5.74, 6) is -0.408. The number of rotatable bonds is 3. The predicted molar refractivity (Wildman–Crippen MR) is 71.9 cm³/mol. The van der Waals surface area contributed by atoms with Gasteiger partial charge in [0.2, 0.25) is 0 Å². The standard InChI is InChI=1S/C13H15FN2O3S/c1-13(2,17)11-8-12(20(3,18)19)15-16(11)10-6-4-9(14)5-7-10/h4-8,17H,1-3H3. The summed E-state index contributed by atoms with van der Waals surface area (Å²) >= 11 is 0. The highest BCUT2D eigenvalue weighted by molar-refractivity contribution is 7.90. The molecule has 0 aliphatic carbocycles. The number of hydrogen-bond donors (Lipinski definition) is 1. The number of sulfone groups is 1. The van der Waals surface area contributed by atoms with Crippen LogP contribution in [0.1, 0.15) is 19.5 Å². The molecule has 1 aromatic heterocycles. The van der Waals surface area contributed by atoms with Gasteiger partial charge in [-0.3, -0.25) is 0 Å². The minimum atomic E-state index is -3.50. The fourth-order valence-electron chi connectivity index (χ4n) is 1.76. The normalized spacial score (nSPS) is 12.7. The van der Waals surface area contributed by atoms with Crippen LogP contribution in [0.3, 0.4) is 0 Å². The van der Waals surface area contributed by atoms with Crippen LogP contribution >= 0.6 is 0 Å². The lowest BCUT2D eigenvalue weighted by Crippen LogP contribution is -2.20. The van der Waals surface area contributed by atoms with Crippen LogP contribution in [0.25, 0.3) is 5.69 Å². The van der Waals surface area contributed by atoms with Gasteiger partial charge in [0, 0.05) is 12.3 Å². The number of hydrogen-bond acceptors (Lipinski definition) is 4. The summed E-state index contributed by atoms with van der Waals surface area (Å²) in [6.45, 7) is 3.05. The molecule has 0 amide bonds. The van der Waals surface area contributed by atoms with E-state index in [0.717, 1.165) is 6.26 Å². The quantitative estimate of drug-likeness (QED) is 0.935. The summed E-state index contributed by atoms with van der Waals surface area (Å²) in [5, 5.41) is 14.0. The Kier molecular flexibility index (Phi) is 3.43. The van der Waals surface area contributed by atoms with Crippen molar-refractivity contribution in [3.63, 3.8) is 0 Å². The highest BCUT2D eigenvalue weighted by atomic mass is 32.2. The van der Waals surface area contributed by atoms with Gasteiger partial charge < -0.3 is 5.11 Å². The van der Waals surface area contributed by atoms with E-state index >= 15 is 0 Å². The van der Waals surface area contributed by atoms with Crippen LogP contribution in [0.5, 0.6) is 0 Å². The van der Waals surface area contributed by atoms with Gasteiger partial charge in [-0.15, -0.1) is 0 Å². The van der Waals surface area contributed by atoms with Crippen molar-refractivity contribution in [3.8, 4) is 5.69 Å². The summed E-state index contributed by atoms with van der Waals surface area (Å²) in [7, 11) is -3.50. The van der Waals surface area contributed by atoms with Crippen LogP contribution < -0.4 is 0 Å². The van der Waals surface area contributed by atoms with Crippen LogP contribution in [0.2, 0.25) is 0 Å². The molecule has 0 atom stereocenters. The first-order chi connectivity index (χ1) is 9.09. The van der Waals surface area contributed by atoms with Crippen molar-refractivity contribution in [2.45, 2.75) is 24.5 Å². The van der Waals surface area contributed by atoms with Gasteiger partial charge in [0.25, 0.3) is 0 Å². The molecule has 0 radical (unpaired) electrons. The number of aliphatic hydroxyl groups is 1. The van der Waals surface area contributed by atoms with Gasteiger partial charge >= 0.3 is 0 Å². The Labute approximate surface area is 116 Å². The average Bonchev–Trinajstić information content (AvgIpc) is 2.74. The van der Waals surface area contributed by atoms with Crippen molar-refractivity contribution < 1.29 is 17.9 Å². The van der Waals surface area contributed by atoms with Crippen LogP contribution in [0, 0.1) is 5.82 Å². The van der Waals surface area contributed by atoms with Crippen molar-refractivity contribution >= 4 is 9.84 Å². The van der Waals surface area contributed by atoms with Gasteiger partial charge in [0.05, 0.1) is 11.4 Å². The maximum Gasteiger partial charge on any atom is 0.194 e. The van der Waals surface area contributed by atoms with E-state index in [1.165, 1.54) is 48.9 Å². The molecule has 108 valence electrons. The fourth-order valence-corrected chi connectivity index (χ4v) is 2.31. The average molecular weight is 298 g/mol. The maximum atomic E-state index is 13.0. The van der Waals surface area contributed by atoms with Crippen LogP contribution in [0.15, 0.2) is 35.4 Å². The first-order valence-corrected chi connectivity index (χ1v) is 7.77. The molecule has 0 aliphatic rings. The highest BCUT2D eigenvalue weighted by Gasteiger charge is 2.26. The van der Waals surface area contributed by atoms with Gasteiger partial charge in [0.1, 0.15) is 11.4 Å². The van der Waals surface area contributed by atoms with Crippen molar-refractivity contribution in [1.29, 1.82) is 0 Å². The van der Waals surface area contributed by atoms with Gasteiger partial charge in [-0.1, -0.05) is 0 Å². The zero-order chi connectivity index (χ0) is 15.1. The second kappa shape index (κ2) is 4.68.